The maximum Gasteiger partial charge on any atom is 0.257 e. The normalized spacial score (nSPS) is 14.7. The van der Waals surface area contributed by atoms with Gasteiger partial charge in [0.1, 0.15) is 5.75 Å². The van der Waals surface area contributed by atoms with Gasteiger partial charge in [-0.1, -0.05) is 38.1 Å². The van der Waals surface area contributed by atoms with Crippen molar-refractivity contribution in [2.75, 3.05) is 50.8 Å². The Morgan fingerprint density at radius 2 is 1.80 bits per heavy atom. The summed E-state index contributed by atoms with van der Waals surface area (Å²) in [6.07, 6.45) is 0.958. The molecule has 2 aromatic carbocycles. The van der Waals surface area contributed by atoms with Crippen LogP contribution in [0.4, 0.5) is 5.69 Å². The average Bonchev–Trinajstić information content (AvgIpc) is 2.76. The van der Waals surface area contributed by atoms with E-state index in [1.807, 2.05) is 12.1 Å². The van der Waals surface area contributed by atoms with E-state index in [2.05, 4.69) is 72.3 Å². The van der Waals surface area contributed by atoms with Crippen LogP contribution in [0.25, 0.3) is 0 Å². The maximum atomic E-state index is 12.1. The summed E-state index contributed by atoms with van der Waals surface area (Å²) in [7, 11) is 0. The van der Waals surface area contributed by atoms with Gasteiger partial charge in [-0.05, 0) is 61.2 Å². The van der Waals surface area contributed by atoms with Gasteiger partial charge < -0.3 is 15.0 Å². The largest absolute Gasteiger partial charge is 0.484 e. The first kappa shape index (κ1) is 22.2. The highest BCUT2D eigenvalue weighted by molar-refractivity contribution is 5.77. The molecule has 30 heavy (non-hydrogen) atoms. The van der Waals surface area contributed by atoms with Crippen molar-refractivity contribution in [3.63, 3.8) is 0 Å². The number of benzene rings is 2. The van der Waals surface area contributed by atoms with Gasteiger partial charge in [0.05, 0.1) is 0 Å². The standard InChI is InChI=1S/C25H35N3O2/c1-20(2)24-11-10-23(18-21(24)3)30-19-25(29)26-12-7-13-27-14-16-28(17-15-27)22-8-5-4-6-9-22/h4-6,8-11,18,20H,7,12-17,19H2,1-3H3,(H,26,29). The molecule has 1 saturated heterocycles. The van der Waals surface area contributed by atoms with Crippen LogP contribution in [-0.4, -0.2) is 56.7 Å². The Kier molecular flexibility index (Phi) is 8.14. The van der Waals surface area contributed by atoms with Crippen molar-refractivity contribution in [2.24, 2.45) is 0 Å². The van der Waals surface area contributed by atoms with Gasteiger partial charge in [0.2, 0.25) is 0 Å². The molecular formula is C25H35N3O2. The number of hydrogen-bond donors (Lipinski definition) is 1. The number of carbonyl (C=O) groups excluding carboxylic acids is 1. The first-order chi connectivity index (χ1) is 14.5. The Hall–Kier alpha value is -2.53. The average molecular weight is 410 g/mol. The number of nitrogens with one attached hydrogen (secondary N) is 1. The number of hydrogen-bond acceptors (Lipinski definition) is 4. The molecule has 2 aromatic rings. The van der Waals surface area contributed by atoms with Crippen LogP contribution in [0.1, 0.15) is 37.3 Å². The zero-order valence-electron chi connectivity index (χ0n) is 18.6. The van der Waals surface area contributed by atoms with Gasteiger partial charge in [-0.3, -0.25) is 9.69 Å². The Bertz CT molecular complexity index is 799. The van der Waals surface area contributed by atoms with Gasteiger partial charge in [0.25, 0.3) is 5.91 Å². The number of nitrogens with zero attached hydrogens (tertiary/aromatic N) is 2. The summed E-state index contributed by atoms with van der Waals surface area (Å²) < 4.78 is 5.66. The van der Waals surface area contributed by atoms with Crippen LogP contribution in [0.3, 0.4) is 0 Å². The Labute approximate surface area is 181 Å². The molecule has 0 atom stereocenters. The molecular weight excluding hydrogens is 374 g/mol. The first-order valence-electron chi connectivity index (χ1n) is 11.1. The van der Waals surface area contributed by atoms with E-state index in [4.69, 9.17) is 4.74 Å². The number of amides is 1. The van der Waals surface area contributed by atoms with Gasteiger partial charge in [0, 0.05) is 38.4 Å². The third kappa shape index (κ3) is 6.49. The molecule has 3 rings (SSSR count). The molecule has 1 heterocycles. The molecule has 0 bridgehead atoms. The third-order valence-electron chi connectivity index (χ3n) is 5.70. The van der Waals surface area contributed by atoms with Crippen LogP contribution in [0, 0.1) is 6.92 Å². The molecule has 1 N–H and O–H groups in total. The minimum Gasteiger partial charge on any atom is -0.484 e. The molecule has 1 aliphatic rings. The Balaban J connectivity index is 1.29. The molecule has 0 aliphatic carbocycles. The summed E-state index contributed by atoms with van der Waals surface area (Å²) in [4.78, 5) is 17.0. The molecule has 1 aliphatic heterocycles. The van der Waals surface area contributed by atoms with E-state index in [1.165, 1.54) is 16.8 Å². The highest BCUT2D eigenvalue weighted by Crippen LogP contribution is 2.23. The monoisotopic (exact) mass is 409 g/mol. The van der Waals surface area contributed by atoms with Gasteiger partial charge >= 0.3 is 0 Å². The quantitative estimate of drug-likeness (QED) is 0.640. The van der Waals surface area contributed by atoms with E-state index < -0.39 is 0 Å². The van der Waals surface area contributed by atoms with Crippen LogP contribution >= 0.6 is 0 Å². The van der Waals surface area contributed by atoms with Gasteiger partial charge in [-0.25, -0.2) is 0 Å². The molecule has 0 unspecified atom stereocenters. The molecule has 0 saturated carbocycles. The van der Waals surface area contributed by atoms with Gasteiger partial charge in [-0.2, -0.15) is 0 Å². The zero-order valence-corrected chi connectivity index (χ0v) is 18.6. The third-order valence-corrected chi connectivity index (χ3v) is 5.70. The lowest BCUT2D eigenvalue weighted by atomic mass is 9.98. The lowest BCUT2D eigenvalue weighted by Crippen LogP contribution is -2.47. The number of ether oxygens (including phenoxy) is 1. The fraction of sp³-hybridized carbons (Fsp3) is 0.480. The zero-order chi connectivity index (χ0) is 21.3. The van der Waals surface area contributed by atoms with E-state index in [0.717, 1.165) is 44.9 Å². The second-order valence-corrected chi connectivity index (χ2v) is 8.33. The van der Waals surface area contributed by atoms with Gasteiger partial charge in [-0.15, -0.1) is 0 Å². The number of aryl methyl sites for hydroxylation is 1. The molecule has 5 nitrogen and oxygen atoms in total. The molecule has 0 spiro atoms. The molecule has 162 valence electrons. The Morgan fingerprint density at radius 3 is 2.47 bits per heavy atom. The van der Waals surface area contributed by atoms with Crippen LogP contribution in [0.2, 0.25) is 0 Å². The van der Waals surface area contributed by atoms with E-state index in [9.17, 15) is 4.79 Å². The molecule has 5 heteroatoms. The van der Waals surface area contributed by atoms with Crippen molar-refractivity contribution in [1.29, 1.82) is 0 Å². The lowest BCUT2D eigenvalue weighted by Gasteiger charge is -2.36. The van der Waals surface area contributed by atoms with E-state index in [-0.39, 0.29) is 12.5 Å². The van der Waals surface area contributed by atoms with Crippen LogP contribution in [0.5, 0.6) is 5.75 Å². The molecule has 1 fully saturated rings. The number of piperazine rings is 1. The first-order valence-corrected chi connectivity index (χ1v) is 11.1. The number of anilines is 1. The van der Waals surface area contributed by atoms with E-state index in [0.29, 0.717) is 12.5 Å². The van der Waals surface area contributed by atoms with Crippen molar-refractivity contribution in [2.45, 2.75) is 33.1 Å². The second-order valence-electron chi connectivity index (χ2n) is 8.33. The topological polar surface area (TPSA) is 44.8 Å². The molecule has 0 radical (unpaired) electrons. The van der Waals surface area contributed by atoms with E-state index >= 15 is 0 Å². The maximum absolute atomic E-state index is 12.1. The summed E-state index contributed by atoms with van der Waals surface area (Å²) >= 11 is 0. The minimum absolute atomic E-state index is 0.0607. The fourth-order valence-corrected chi connectivity index (χ4v) is 3.98. The summed E-state index contributed by atoms with van der Waals surface area (Å²) in [5.74, 6) is 1.18. The highest BCUT2D eigenvalue weighted by Gasteiger charge is 2.16. The van der Waals surface area contributed by atoms with Crippen molar-refractivity contribution in [3.05, 3.63) is 59.7 Å². The van der Waals surface area contributed by atoms with E-state index in [1.54, 1.807) is 0 Å². The van der Waals surface area contributed by atoms with Crippen LogP contribution in [-0.2, 0) is 4.79 Å². The van der Waals surface area contributed by atoms with Crippen molar-refractivity contribution in [1.82, 2.24) is 10.2 Å². The lowest BCUT2D eigenvalue weighted by molar-refractivity contribution is -0.123. The second kappa shape index (κ2) is 11.0. The predicted molar refractivity (Wildman–Crippen MR) is 123 cm³/mol. The summed E-state index contributed by atoms with van der Waals surface area (Å²) in [5.41, 5.74) is 3.82. The molecule has 1 amide bonds. The number of carbonyl (C=O) groups is 1. The van der Waals surface area contributed by atoms with Crippen molar-refractivity contribution in [3.8, 4) is 5.75 Å². The Morgan fingerprint density at radius 1 is 1.07 bits per heavy atom. The van der Waals surface area contributed by atoms with Crippen molar-refractivity contribution >= 4 is 11.6 Å². The summed E-state index contributed by atoms with van der Waals surface area (Å²) in [6.45, 7) is 12.5. The molecule has 0 aromatic heterocycles. The minimum atomic E-state index is -0.0607. The summed E-state index contributed by atoms with van der Waals surface area (Å²) in [5, 5.41) is 2.97. The van der Waals surface area contributed by atoms with Crippen LogP contribution in [0.15, 0.2) is 48.5 Å². The van der Waals surface area contributed by atoms with Gasteiger partial charge in [0.15, 0.2) is 6.61 Å². The highest BCUT2D eigenvalue weighted by atomic mass is 16.5. The number of para-hydroxylation sites is 1. The fourth-order valence-electron chi connectivity index (χ4n) is 3.98. The predicted octanol–water partition coefficient (Wildman–Crippen LogP) is 3.83. The SMILES string of the molecule is Cc1cc(OCC(=O)NCCCN2CCN(c3ccccc3)CC2)ccc1C(C)C. The van der Waals surface area contributed by atoms with Crippen LogP contribution < -0.4 is 15.0 Å². The summed E-state index contributed by atoms with van der Waals surface area (Å²) in [6, 6.07) is 16.6. The number of rotatable bonds is 9. The smallest absolute Gasteiger partial charge is 0.257 e. The van der Waals surface area contributed by atoms with Crippen molar-refractivity contribution < 1.29 is 9.53 Å².